The number of rotatable bonds is 4. The Morgan fingerprint density at radius 1 is 1.14 bits per heavy atom. The van der Waals surface area contributed by atoms with Crippen molar-refractivity contribution < 1.29 is 18.7 Å². The Morgan fingerprint density at radius 2 is 1.96 bits per heavy atom. The number of amides is 1. The number of likely N-dealkylation sites (tertiary alicyclic amines) is 1. The Bertz CT molecular complexity index is 877. The third-order valence-electron chi connectivity index (χ3n) is 5.07. The van der Waals surface area contributed by atoms with E-state index in [0.29, 0.717) is 17.7 Å². The zero-order valence-corrected chi connectivity index (χ0v) is 17.0. The summed E-state index contributed by atoms with van der Waals surface area (Å²) in [5, 5.41) is 2.67. The van der Waals surface area contributed by atoms with Crippen LogP contribution < -0.4 is 14.8 Å². The summed E-state index contributed by atoms with van der Waals surface area (Å²) in [6, 6.07) is 10.8. The van der Waals surface area contributed by atoms with Gasteiger partial charge in [-0.15, -0.1) is 0 Å². The predicted molar refractivity (Wildman–Crippen MR) is 108 cm³/mol. The van der Waals surface area contributed by atoms with Gasteiger partial charge in [0.2, 0.25) is 5.91 Å². The van der Waals surface area contributed by atoms with Crippen molar-refractivity contribution in [2.75, 3.05) is 31.6 Å². The number of ether oxygens (including phenoxy) is 2. The molecule has 28 heavy (non-hydrogen) atoms. The van der Waals surface area contributed by atoms with Gasteiger partial charge in [-0.3, -0.25) is 9.69 Å². The molecule has 1 fully saturated rings. The summed E-state index contributed by atoms with van der Waals surface area (Å²) in [6.07, 6.45) is 2.85. The number of carbonyl (C=O) groups excluding carboxylic acids is 1. The van der Waals surface area contributed by atoms with E-state index in [2.05, 4.69) is 26.1 Å². The van der Waals surface area contributed by atoms with Crippen molar-refractivity contribution in [2.45, 2.75) is 25.3 Å². The molecule has 148 valence electrons. The first-order chi connectivity index (χ1) is 13.6. The molecule has 2 aliphatic rings. The predicted octanol–water partition coefficient (Wildman–Crippen LogP) is 4.53. The Kier molecular flexibility index (Phi) is 5.82. The van der Waals surface area contributed by atoms with E-state index in [1.807, 2.05) is 18.2 Å². The number of carbonyl (C=O) groups is 1. The standard InChI is InChI=1S/C21H22BrFN2O3/c22-15-5-6-17(16(23)12-15)24-21(26)13-25-8-1-3-18(25)14-4-7-19-20(11-14)28-10-2-9-27-19/h4-7,11-12,18H,1-3,8-10,13H2,(H,24,26). The molecular weight excluding hydrogens is 427 g/mol. The van der Waals surface area contributed by atoms with E-state index in [4.69, 9.17) is 9.47 Å². The summed E-state index contributed by atoms with van der Waals surface area (Å²) in [7, 11) is 0. The highest BCUT2D eigenvalue weighted by Gasteiger charge is 2.28. The van der Waals surface area contributed by atoms with Crippen LogP contribution in [-0.2, 0) is 4.79 Å². The normalized spacial score (nSPS) is 19.3. The molecule has 1 atom stereocenters. The SMILES string of the molecule is O=C(CN1CCCC1c1ccc2c(c1)OCCCO2)Nc1ccc(Br)cc1F. The van der Waals surface area contributed by atoms with Crippen LogP contribution in [-0.4, -0.2) is 37.1 Å². The molecule has 7 heteroatoms. The van der Waals surface area contributed by atoms with Gasteiger partial charge in [0, 0.05) is 16.9 Å². The lowest BCUT2D eigenvalue weighted by Gasteiger charge is -2.25. The maximum Gasteiger partial charge on any atom is 0.238 e. The van der Waals surface area contributed by atoms with Gasteiger partial charge in [0.05, 0.1) is 25.4 Å². The van der Waals surface area contributed by atoms with Gasteiger partial charge < -0.3 is 14.8 Å². The molecule has 1 saturated heterocycles. The molecule has 0 spiro atoms. The molecule has 5 nitrogen and oxygen atoms in total. The highest BCUT2D eigenvalue weighted by Crippen LogP contribution is 2.37. The number of nitrogens with zero attached hydrogens (tertiary/aromatic N) is 1. The Hall–Kier alpha value is -2.12. The minimum absolute atomic E-state index is 0.137. The van der Waals surface area contributed by atoms with Gasteiger partial charge in [-0.1, -0.05) is 22.0 Å². The molecule has 2 aliphatic heterocycles. The van der Waals surface area contributed by atoms with E-state index in [0.717, 1.165) is 42.9 Å². The molecular formula is C21H22BrFN2O3. The van der Waals surface area contributed by atoms with Gasteiger partial charge in [-0.2, -0.15) is 0 Å². The molecule has 1 N–H and O–H groups in total. The second-order valence-electron chi connectivity index (χ2n) is 7.06. The van der Waals surface area contributed by atoms with Crippen molar-refractivity contribution in [1.82, 2.24) is 4.90 Å². The maximum absolute atomic E-state index is 14.0. The first-order valence-electron chi connectivity index (χ1n) is 9.48. The van der Waals surface area contributed by atoms with Gasteiger partial charge >= 0.3 is 0 Å². The number of halogens is 2. The summed E-state index contributed by atoms with van der Waals surface area (Å²) >= 11 is 3.22. The molecule has 0 aromatic heterocycles. The Labute approximate surface area is 171 Å². The van der Waals surface area contributed by atoms with Crippen LogP contribution in [0.25, 0.3) is 0 Å². The lowest BCUT2D eigenvalue weighted by Crippen LogP contribution is -2.33. The lowest BCUT2D eigenvalue weighted by atomic mass is 10.0. The van der Waals surface area contributed by atoms with Crippen LogP contribution in [0.1, 0.15) is 30.9 Å². The average molecular weight is 449 g/mol. The number of nitrogens with one attached hydrogen (secondary N) is 1. The molecule has 1 unspecified atom stereocenters. The molecule has 0 bridgehead atoms. The van der Waals surface area contributed by atoms with Crippen molar-refractivity contribution in [2.24, 2.45) is 0 Å². The minimum atomic E-state index is -0.455. The van der Waals surface area contributed by atoms with Gasteiger partial charge in [0.15, 0.2) is 11.5 Å². The largest absolute Gasteiger partial charge is 0.490 e. The number of benzene rings is 2. The third kappa shape index (κ3) is 4.31. The maximum atomic E-state index is 14.0. The van der Waals surface area contributed by atoms with E-state index in [1.165, 1.54) is 6.07 Å². The fourth-order valence-corrected chi connectivity index (χ4v) is 4.08. The summed E-state index contributed by atoms with van der Waals surface area (Å²) in [4.78, 5) is 14.6. The van der Waals surface area contributed by atoms with Crippen molar-refractivity contribution >= 4 is 27.5 Å². The highest BCUT2D eigenvalue weighted by molar-refractivity contribution is 9.10. The average Bonchev–Trinajstić information content (AvgIpc) is 2.99. The van der Waals surface area contributed by atoms with Gasteiger partial charge in [-0.25, -0.2) is 4.39 Å². The summed E-state index contributed by atoms with van der Waals surface area (Å²) in [5.74, 6) is 0.864. The van der Waals surface area contributed by atoms with Gasteiger partial charge in [0.1, 0.15) is 5.82 Å². The molecule has 4 rings (SSSR count). The number of hydrogen-bond donors (Lipinski definition) is 1. The van der Waals surface area contributed by atoms with E-state index in [9.17, 15) is 9.18 Å². The van der Waals surface area contributed by atoms with Crippen molar-refractivity contribution in [3.63, 3.8) is 0 Å². The van der Waals surface area contributed by atoms with Crippen molar-refractivity contribution in [1.29, 1.82) is 0 Å². The van der Waals surface area contributed by atoms with Crippen molar-refractivity contribution in [3.05, 3.63) is 52.3 Å². The lowest BCUT2D eigenvalue weighted by molar-refractivity contribution is -0.117. The Morgan fingerprint density at radius 3 is 2.79 bits per heavy atom. The van der Waals surface area contributed by atoms with Crippen LogP contribution in [0.5, 0.6) is 11.5 Å². The van der Waals surface area contributed by atoms with E-state index in [1.54, 1.807) is 12.1 Å². The molecule has 1 amide bonds. The first-order valence-corrected chi connectivity index (χ1v) is 10.3. The van der Waals surface area contributed by atoms with E-state index >= 15 is 0 Å². The molecule has 0 aliphatic carbocycles. The third-order valence-corrected chi connectivity index (χ3v) is 5.57. The fourth-order valence-electron chi connectivity index (χ4n) is 3.75. The fraction of sp³-hybridized carbons (Fsp3) is 0.381. The second kappa shape index (κ2) is 8.49. The zero-order chi connectivity index (χ0) is 19.5. The highest BCUT2D eigenvalue weighted by atomic mass is 79.9. The Balaban J connectivity index is 1.45. The number of fused-ring (bicyclic) bond motifs is 1. The van der Waals surface area contributed by atoms with Crippen LogP contribution in [0.4, 0.5) is 10.1 Å². The van der Waals surface area contributed by atoms with Crippen molar-refractivity contribution in [3.8, 4) is 11.5 Å². The van der Waals surface area contributed by atoms with Gasteiger partial charge in [0.25, 0.3) is 0 Å². The smallest absolute Gasteiger partial charge is 0.238 e. The summed E-state index contributed by atoms with van der Waals surface area (Å²) in [5.41, 5.74) is 1.31. The van der Waals surface area contributed by atoms with Crippen LogP contribution in [0.2, 0.25) is 0 Å². The van der Waals surface area contributed by atoms with Crippen LogP contribution in [0.3, 0.4) is 0 Å². The second-order valence-corrected chi connectivity index (χ2v) is 7.97. The molecule has 0 saturated carbocycles. The number of hydrogen-bond acceptors (Lipinski definition) is 4. The topological polar surface area (TPSA) is 50.8 Å². The minimum Gasteiger partial charge on any atom is -0.490 e. The quantitative estimate of drug-likeness (QED) is 0.746. The first kappa shape index (κ1) is 19.2. The molecule has 2 aromatic rings. The van der Waals surface area contributed by atoms with E-state index in [-0.39, 0.29) is 24.2 Å². The molecule has 2 aromatic carbocycles. The molecule has 0 radical (unpaired) electrons. The van der Waals surface area contributed by atoms with Gasteiger partial charge in [-0.05, 0) is 55.3 Å². The molecule has 2 heterocycles. The monoisotopic (exact) mass is 448 g/mol. The summed E-state index contributed by atoms with van der Waals surface area (Å²) < 4.78 is 26.1. The van der Waals surface area contributed by atoms with Crippen LogP contribution in [0.15, 0.2) is 40.9 Å². The van der Waals surface area contributed by atoms with E-state index < -0.39 is 5.82 Å². The summed E-state index contributed by atoms with van der Waals surface area (Å²) in [6.45, 7) is 2.35. The van der Waals surface area contributed by atoms with Crippen LogP contribution >= 0.6 is 15.9 Å². The van der Waals surface area contributed by atoms with Crippen LogP contribution in [0, 0.1) is 5.82 Å². The number of anilines is 1. The zero-order valence-electron chi connectivity index (χ0n) is 15.4.